The van der Waals surface area contributed by atoms with Gasteiger partial charge in [0.05, 0.1) is 0 Å². The summed E-state index contributed by atoms with van der Waals surface area (Å²) in [4.78, 5) is 19.6. The highest BCUT2D eigenvalue weighted by Crippen LogP contribution is 2.31. The van der Waals surface area contributed by atoms with E-state index < -0.39 is 0 Å². The summed E-state index contributed by atoms with van der Waals surface area (Å²) in [5.41, 5.74) is 1.36. The molecule has 1 aromatic heterocycles. The van der Waals surface area contributed by atoms with Crippen LogP contribution in [-0.4, -0.2) is 82.7 Å². The summed E-state index contributed by atoms with van der Waals surface area (Å²) < 4.78 is 1.91. The second-order valence-corrected chi connectivity index (χ2v) is 7.56. The SMILES string of the molecule is Cc1ccnn1CCC(=O)N1CCC2(CC1)CN(C)CCCN2C. The summed E-state index contributed by atoms with van der Waals surface area (Å²) in [6, 6.07) is 1.98. The molecule has 0 atom stereocenters. The third-order valence-corrected chi connectivity index (χ3v) is 5.92. The number of aryl methyl sites for hydroxylation is 2. The van der Waals surface area contributed by atoms with E-state index in [1.807, 2.05) is 17.7 Å². The van der Waals surface area contributed by atoms with Crippen LogP contribution in [0.1, 0.15) is 31.4 Å². The Kier molecular flexibility index (Phi) is 5.25. The number of piperidine rings is 1. The molecular weight excluding hydrogens is 302 g/mol. The molecule has 0 bridgehead atoms. The molecule has 2 aliphatic rings. The van der Waals surface area contributed by atoms with Crippen LogP contribution in [0.25, 0.3) is 0 Å². The minimum atomic E-state index is 0.251. The van der Waals surface area contributed by atoms with Crippen molar-refractivity contribution in [2.75, 3.05) is 46.8 Å². The predicted molar refractivity (Wildman–Crippen MR) is 94.9 cm³/mol. The molecule has 1 aromatic rings. The van der Waals surface area contributed by atoms with Crippen LogP contribution < -0.4 is 0 Å². The average Bonchev–Trinajstić information content (AvgIpc) is 2.92. The Bertz CT molecular complexity index is 562. The van der Waals surface area contributed by atoms with Gasteiger partial charge in [0.15, 0.2) is 0 Å². The predicted octanol–water partition coefficient (Wildman–Crippen LogP) is 1.21. The van der Waals surface area contributed by atoms with E-state index >= 15 is 0 Å². The maximum Gasteiger partial charge on any atom is 0.224 e. The summed E-state index contributed by atoms with van der Waals surface area (Å²) in [5, 5.41) is 4.26. The molecule has 134 valence electrons. The summed E-state index contributed by atoms with van der Waals surface area (Å²) in [6.45, 7) is 7.94. The number of amides is 1. The highest BCUT2D eigenvalue weighted by molar-refractivity contribution is 5.76. The number of carbonyl (C=O) groups is 1. The highest BCUT2D eigenvalue weighted by Gasteiger charge is 2.40. The Hall–Kier alpha value is -1.40. The van der Waals surface area contributed by atoms with E-state index in [9.17, 15) is 4.79 Å². The molecule has 6 heteroatoms. The molecule has 3 heterocycles. The second-order valence-electron chi connectivity index (χ2n) is 7.56. The van der Waals surface area contributed by atoms with Gasteiger partial charge < -0.3 is 9.80 Å². The Morgan fingerprint density at radius 2 is 1.96 bits per heavy atom. The van der Waals surface area contributed by atoms with Crippen LogP contribution in [0.3, 0.4) is 0 Å². The first-order chi connectivity index (χ1) is 11.5. The normalized spacial score (nSPS) is 22.7. The number of nitrogens with zero attached hydrogens (tertiary/aromatic N) is 5. The molecular formula is C18H31N5O. The topological polar surface area (TPSA) is 44.6 Å². The molecule has 0 N–H and O–H groups in total. The fourth-order valence-corrected chi connectivity index (χ4v) is 4.22. The third-order valence-electron chi connectivity index (χ3n) is 5.92. The maximum absolute atomic E-state index is 12.6. The molecule has 0 radical (unpaired) electrons. The molecule has 0 aromatic carbocycles. The van der Waals surface area contributed by atoms with Gasteiger partial charge in [0.1, 0.15) is 0 Å². The van der Waals surface area contributed by atoms with Crippen molar-refractivity contribution in [2.45, 2.75) is 44.7 Å². The Balaban J connectivity index is 1.54. The van der Waals surface area contributed by atoms with E-state index in [1.165, 1.54) is 13.0 Å². The van der Waals surface area contributed by atoms with Crippen molar-refractivity contribution < 1.29 is 4.79 Å². The van der Waals surface area contributed by atoms with Crippen LogP contribution in [0.15, 0.2) is 12.3 Å². The lowest BCUT2D eigenvalue weighted by Crippen LogP contribution is -2.58. The fraction of sp³-hybridized carbons (Fsp3) is 0.778. The first-order valence-electron chi connectivity index (χ1n) is 9.16. The van der Waals surface area contributed by atoms with Crippen LogP contribution in [0, 0.1) is 6.92 Å². The number of likely N-dealkylation sites (N-methyl/N-ethyl adjacent to an activating group) is 2. The van der Waals surface area contributed by atoms with Crippen LogP contribution in [-0.2, 0) is 11.3 Å². The van der Waals surface area contributed by atoms with Gasteiger partial charge >= 0.3 is 0 Å². The molecule has 2 saturated heterocycles. The lowest BCUT2D eigenvalue weighted by molar-refractivity contribution is -0.134. The minimum Gasteiger partial charge on any atom is -0.343 e. The van der Waals surface area contributed by atoms with E-state index in [4.69, 9.17) is 0 Å². The number of aromatic nitrogens is 2. The van der Waals surface area contributed by atoms with Crippen LogP contribution in [0.4, 0.5) is 0 Å². The van der Waals surface area contributed by atoms with Crippen LogP contribution in [0.5, 0.6) is 0 Å². The smallest absolute Gasteiger partial charge is 0.224 e. The monoisotopic (exact) mass is 333 g/mol. The molecule has 0 unspecified atom stereocenters. The zero-order valence-electron chi connectivity index (χ0n) is 15.4. The van der Waals surface area contributed by atoms with Crippen molar-refractivity contribution in [3.8, 4) is 0 Å². The Morgan fingerprint density at radius 1 is 1.21 bits per heavy atom. The molecule has 1 spiro atoms. The summed E-state index contributed by atoms with van der Waals surface area (Å²) in [6.07, 6.45) is 5.75. The number of hydrogen-bond acceptors (Lipinski definition) is 4. The molecule has 0 aliphatic carbocycles. The molecule has 2 aliphatic heterocycles. The number of hydrogen-bond donors (Lipinski definition) is 0. The number of carbonyl (C=O) groups excluding carboxylic acids is 1. The van der Waals surface area contributed by atoms with Gasteiger partial charge in [-0.05, 0) is 59.4 Å². The molecule has 2 fully saturated rings. The summed E-state index contributed by atoms with van der Waals surface area (Å²) in [5.74, 6) is 0.268. The highest BCUT2D eigenvalue weighted by atomic mass is 16.2. The minimum absolute atomic E-state index is 0.251. The largest absolute Gasteiger partial charge is 0.343 e. The standard InChI is InChI=1S/C18H31N5O/c1-16-5-9-19-23(16)12-6-17(24)22-13-7-18(8-14-22)15-20(2)10-4-11-21(18)3/h5,9H,4,6-8,10-15H2,1-3H3. The lowest BCUT2D eigenvalue weighted by Gasteiger charge is -2.47. The Labute approximate surface area is 145 Å². The van der Waals surface area contributed by atoms with Gasteiger partial charge in [-0.15, -0.1) is 0 Å². The number of rotatable bonds is 3. The van der Waals surface area contributed by atoms with Gasteiger partial charge in [0, 0.05) is 50.0 Å². The van der Waals surface area contributed by atoms with Gasteiger partial charge in [-0.2, -0.15) is 5.10 Å². The lowest BCUT2D eigenvalue weighted by atomic mass is 9.85. The summed E-state index contributed by atoms with van der Waals surface area (Å²) in [7, 11) is 4.49. The second kappa shape index (κ2) is 7.23. The molecule has 6 nitrogen and oxygen atoms in total. The van der Waals surface area contributed by atoms with Gasteiger partial charge in [-0.25, -0.2) is 0 Å². The van der Waals surface area contributed by atoms with Gasteiger partial charge in [0.25, 0.3) is 0 Å². The van der Waals surface area contributed by atoms with E-state index in [0.29, 0.717) is 13.0 Å². The zero-order chi connectivity index (χ0) is 17.2. The third kappa shape index (κ3) is 3.64. The van der Waals surface area contributed by atoms with E-state index in [2.05, 4.69) is 33.9 Å². The van der Waals surface area contributed by atoms with Crippen LogP contribution >= 0.6 is 0 Å². The maximum atomic E-state index is 12.6. The first kappa shape index (κ1) is 17.4. The van der Waals surface area contributed by atoms with Crippen molar-refractivity contribution in [1.82, 2.24) is 24.5 Å². The van der Waals surface area contributed by atoms with Crippen molar-refractivity contribution >= 4 is 5.91 Å². The van der Waals surface area contributed by atoms with Crippen molar-refractivity contribution in [3.05, 3.63) is 18.0 Å². The van der Waals surface area contributed by atoms with Crippen molar-refractivity contribution in [1.29, 1.82) is 0 Å². The molecule has 0 saturated carbocycles. The van der Waals surface area contributed by atoms with E-state index in [-0.39, 0.29) is 11.4 Å². The van der Waals surface area contributed by atoms with Gasteiger partial charge in [-0.1, -0.05) is 0 Å². The molecule has 24 heavy (non-hydrogen) atoms. The Morgan fingerprint density at radius 3 is 2.62 bits per heavy atom. The van der Waals surface area contributed by atoms with Gasteiger partial charge in [0.2, 0.25) is 5.91 Å². The quantitative estimate of drug-likeness (QED) is 0.834. The zero-order valence-corrected chi connectivity index (χ0v) is 15.4. The fourth-order valence-electron chi connectivity index (χ4n) is 4.22. The van der Waals surface area contributed by atoms with Crippen molar-refractivity contribution in [2.24, 2.45) is 0 Å². The number of likely N-dealkylation sites (tertiary alicyclic amines) is 1. The van der Waals surface area contributed by atoms with Crippen molar-refractivity contribution in [3.63, 3.8) is 0 Å². The molecule has 1 amide bonds. The first-order valence-corrected chi connectivity index (χ1v) is 9.16. The molecule has 3 rings (SSSR count). The van der Waals surface area contributed by atoms with E-state index in [1.54, 1.807) is 6.20 Å². The van der Waals surface area contributed by atoms with E-state index in [0.717, 1.165) is 44.7 Å². The van der Waals surface area contributed by atoms with Crippen LogP contribution in [0.2, 0.25) is 0 Å². The summed E-state index contributed by atoms with van der Waals surface area (Å²) >= 11 is 0. The van der Waals surface area contributed by atoms with Gasteiger partial charge in [-0.3, -0.25) is 14.4 Å². The average molecular weight is 333 g/mol.